The molecule has 0 unspecified atom stereocenters. The van der Waals surface area contributed by atoms with E-state index >= 15 is 0 Å². The largest absolute Gasteiger partial charge is 0.349 e. The first-order chi connectivity index (χ1) is 10.0. The van der Waals surface area contributed by atoms with Gasteiger partial charge in [-0.25, -0.2) is 0 Å². The Morgan fingerprint density at radius 3 is 2.14 bits per heavy atom. The Morgan fingerprint density at radius 1 is 1.27 bits per heavy atom. The summed E-state index contributed by atoms with van der Waals surface area (Å²) >= 11 is 16.2. The van der Waals surface area contributed by atoms with Crippen LogP contribution in [0.2, 0.25) is 0 Å². The Hall–Kier alpha value is -1.50. The molecule has 22 heavy (non-hydrogen) atoms. The van der Waals surface area contributed by atoms with Crippen molar-refractivity contribution in [3.05, 3.63) is 52.1 Å². The first kappa shape index (κ1) is 18.5. The Balaban J connectivity index is 0.000000224. The van der Waals surface area contributed by atoms with Crippen molar-refractivity contribution in [1.82, 2.24) is 9.13 Å². The van der Waals surface area contributed by atoms with E-state index in [4.69, 9.17) is 34.8 Å². The zero-order chi connectivity index (χ0) is 17.1. The zero-order valence-corrected chi connectivity index (χ0v) is 14.4. The molecule has 0 amide bonds. The van der Waals surface area contributed by atoms with Crippen molar-refractivity contribution in [1.29, 1.82) is 0 Å². The molecule has 0 N–H and O–H groups in total. The lowest BCUT2D eigenvalue weighted by atomic mass is 10.3. The zero-order valence-electron chi connectivity index (χ0n) is 12.1. The number of alkyl halides is 3. The smallest absolute Gasteiger partial charge is 0.287 e. The first-order valence-corrected chi connectivity index (χ1v) is 7.17. The van der Waals surface area contributed by atoms with Crippen molar-refractivity contribution >= 4 is 46.3 Å². The molecule has 9 heteroatoms. The van der Waals surface area contributed by atoms with E-state index in [1.165, 1.54) is 6.20 Å². The van der Waals surface area contributed by atoms with Gasteiger partial charge in [-0.1, -0.05) is 34.8 Å². The van der Waals surface area contributed by atoms with Crippen LogP contribution in [0.1, 0.15) is 16.2 Å². The Kier molecular flexibility index (Phi) is 6.05. The second kappa shape index (κ2) is 7.17. The van der Waals surface area contributed by atoms with Gasteiger partial charge in [0.25, 0.3) is 9.48 Å². The predicted octanol–water partition coefficient (Wildman–Crippen LogP) is 3.82. The van der Waals surface area contributed by atoms with Gasteiger partial charge in [-0.3, -0.25) is 14.9 Å². The summed E-state index contributed by atoms with van der Waals surface area (Å²) in [5.41, 5.74) is 1.43. The van der Waals surface area contributed by atoms with Gasteiger partial charge >= 0.3 is 0 Å². The molecule has 0 aliphatic heterocycles. The third-order valence-corrected chi connectivity index (χ3v) is 3.40. The predicted molar refractivity (Wildman–Crippen MR) is 86.8 cm³/mol. The van der Waals surface area contributed by atoms with Gasteiger partial charge in [0.15, 0.2) is 0 Å². The van der Waals surface area contributed by atoms with Gasteiger partial charge in [-0.05, 0) is 19.1 Å². The van der Waals surface area contributed by atoms with E-state index in [-0.39, 0.29) is 5.69 Å². The number of carbonyl (C=O) groups excluding carboxylic acids is 1. The van der Waals surface area contributed by atoms with Crippen LogP contribution in [0, 0.1) is 17.0 Å². The Bertz CT molecular complexity index is 667. The number of nitrogens with zero attached hydrogens (tertiary/aromatic N) is 3. The highest BCUT2D eigenvalue weighted by Crippen LogP contribution is 2.30. The van der Waals surface area contributed by atoms with Gasteiger partial charge in [0, 0.05) is 32.1 Å². The fourth-order valence-electron chi connectivity index (χ4n) is 1.60. The summed E-state index contributed by atoms with van der Waals surface area (Å²) in [5, 5.41) is 10.2. The van der Waals surface area contributed by atoms with Crippen LogP contribution in [0.3, 0.4) is 0 Å². The highest BCUT2D eigenvalue weighted by Gasteiger charge is 2.32. The van der Waals surface area contributed by atoms with Crippen molar-refractivity contribution in [2.45, 2.75) is 10.7 Å². The number of hydrogen-bond donors (Lipinski definition) is 0. The van der Waals surface area contributed by atoms with E-state index < -0.39 is 14.5 Å². The number of carbonyl (C=O) groups is 1. The van der Waals surface area contributed by atoms with Crippen molar-refractivity contribution < 1.29 is 9.72 Å². The molecule has 0 spiro atoms. The van der Waals surface area contributed by atoms with Crippen LogP contribution in [0.5, 0.6) is 0 Å². The van der Waals surface area contributed by atoms with Crippen molar-refractivity contribution in [2.75, 3.05) is 0 Å². The van der Waals surface area contributed by atoms with Gasteiger partial charge in [-0.2, -0.15) is 0 Å². The summed E-state index contributed by atoms with van der Waals surface area (Å²) in [4.78, 5) is 21.1. The number of nitro groups is 1. The van der Waals surface area contributed by atoms with E-state index in [2.05, 4.69) is 0 Å². The van der Waals surface area contributed by atoms with E-state index in [9.17, 15) is 14.9 Å². The molecule has 2 rings (SSSR count). The molecule has 0 aliphatic rings. The van der Waals surface area contributed by atoms with Crippen LogP contribution in [-0.2, 0) is 14.1 Å². The quantitative estimate of drug-likeness (QED) is 0.351. The van der Waals surface area contributed by atoms with Crippen molar-refractivity contribution in [2.24, 2.45) is 14.1 Å². The number of rotatable bonds is 2. The van der Waals surface area contributed by atoms with Crippen LogP contribution < -0.4 is 0 Å². The molecule has 120 valence electrons. The van der Waals surface area contributed by atoms with Crippen LogP contribution in [0.4, 0.5) is 5.69 Å². The summed E-state index contributed by atoms with van der Waals surface area (Å²) in [5.74, 6) is -0.514. The molecule has 2 heterocycles. The molecule has 6 nitrogen and oxygen atoms in total. The maximum Gasteiger partial charge on any atom is 0.287 e. The molecule has 0 aliphatic carbocycles. The van der Waals surface area contributed by atoms with Crippen LogP contribution in [0.25, 0.3) is 0 Å². The topological polar surface area (TPSA) is 70.1 Å². The number of aromatic nitrogens is 2. The average Bonchev–Trinajstić information content (AvgIpc) is 2.95. The number of halogens is 3. The minimum atomic E-state index is -1.87. The van der Waals surface area contributed by atoms with Crippen LogP contribution in [0.15, 0.2) is 30.6 Å². The second-order valence-corrected chi connectivity index (χ2v) is 6.82. The normalized spacial score (nSPS) is 10.8. The van der Waals surface area contributed by atoms with Crippen molar-refractivity contribution in [3.63, 3.8) is 0 Å². The molecule has 0 radical (unpaired) electrons. The van der Waals surface area contributed by atoms with Gasteiger partial charge < -0.3 is 9.13 Å². The number of hydrogen-bond acceptors (Lipinski definition) is 3. The Morgan fingerprint density at radius 2 is 1.86 bits per heavy atom. The van der Waals surface area contributed by atoms with Gasteiger partial charge in [0.2, 0.25) is 5.78 Å². The second-order valence-electron chi connectivity index (χ2n) is 4.54. The lowest BCUT2D eigenvalue weighted by Crippen LogP contribution is -2.21. The summed E-state index contributed by atoms with van der Waals surface area (Å²) in [6, 6.07) is 4.86. The van der Waals surface area contributed by atoms with Gasteiger partial charge in [0.05, 0.1) is 16.8 Å². The van der Waals surface area contributed by atoms with Gasteiger partial charge in [0.1, 0.15) is 0 Å². The maximum atomic E-state index is 11.3. The SMILES string of the molecule is Cc1cc([N+](=O)[O-])cn1C.Cn1cccc1C(=O)C(Cl)(Cl)Cl. The monoisotopic (exact) mass is 365 g/mol. The van der Waals surface area contributed by atoms with E-state index in [1.54, 1.807) is 47.6 Å². The minimum Gasteiger partial charge on any atom is -0.349 e. The van der Waals surface area contributed by atoms with Crippen LogP contribution >= 0.6 is 34.8 Å². The maximum absolute atomic E-state index is 11.3. The average molecular weight is 367 g/mol. The third-order valence-electron chi connectivity index (χ3n) is 2.88. The number of Topliss-reactive ketones (excluding diaryl/α,β-unsaturated/α-hetero) is 1. The highest BCUT2D eigenvalue weighted by molar-refractivity contribution is 6.77. The van der Waals surface area contributed by atoms with Crippen molar-refractivity contribution in [3.8, 4) is 0 Å². The standard InChI is InChI=1S/C7H6Cl3NO.C6H8N2O2/c1-11-4-2-3-5(11)6(12)7(8,9)10;1-5-3-6(8(9)10)4-7(5)2/h2-4H,1H3;3-4H,1-2H3. The molecule has 2 aromatic rings. The summed E-state index contributed by atoms with van der Waals surface area (Å²) in [6.07, 6.45) is 3.21. The number of ketones is 1. The molecule has 0 aromatic carbocycles. The highest BCUT2D eigenvalue weighted by atomic mass is 35.6. The lowest BCUT2D eigenvalue weighted by molar-refractivity contribution is -0.384. The van der Waals surface area contributed by atoms with E-state index in [0.717, 1.165) is 5.69 Å². The molecule has 0 bridgehead atoms. The number of aryl methyl sites for hydroxylation is 3. The van der Waals surface area contributed by atoms with E-state index in [0.29, 0.717) is 5.69 Å². The summed E-state index contributed by atoms with van der Waals surface area (Å²) < 4.78 is 1.45. The minimum absolute atomic E-state index is 0.153. The molecular formula is C13H14Cl3N3O3. The fraction of sp³-hybridized carbons (Fsp3) is 0.308. The molecule has 0 saturated carbocycles. The third kappa shape index (κ3) is 4.76. The first-order valence-electron chi connectivity index (χ1n) is 6.04. The molecule has 2 aromatic heterocycles. The fourth-order valence-corrected chi connectivity index (χ4v) is 1.89. The van der Waals surface area contributed by atoms with Crippen LogP contribution in [-0.4, -0.2) is 23.6 Å². The van der Waals surface area contributed by atoms with Gasteiger partial charge in [-0.15, -0.1) is 0 Å². The molecular weight excluding hydrogens is 353 g/mol. The summed E-state index contributed by atoms with van der Waals surface area (Å²) in [7, 11) is 3.49. The molecule has 0 saturated heterocycles. The molecule has 0 atom stereocenters. The Labute approximate surface area is 142 Å². The van der Waals surface area contributed by atoms with E-state index in [1.807, 2.05) is 6.92 Å². The summed E-state index contributed by atoms with van der Waals surface area (Å²) in [6.45, 7) is 1.83. The lowest BCUT2D eigenvalue weighted by Gasteiger charge is -2.09. The molecule has 0 fully saturated rings.